The van der Waals surface area contributed by atoms with Crippen LogP contribution in [-0.2, 0) is 6.54 Å². The maximum Gasteiger partial charge on any atom is 0.115 e. The van der Waals surface area contributed by atoms with Crippen molar-refractivity contribution in [1.82, 2.24) is 14.9 Å². The molecule has 82 valence electrons. The molecule has 2 heterocycles. The van der Waals surface area contributed by atoms with Crippen LogP contribution in [-0.4, -0.2) is 28.0 Å². The number of hydrogen-bond donors (Lipinski definition) is 0. The summed E-state index contributed by atoms with van der Waals surface area (Å²) in [5.74, 6) is 0.835. The monoisotopic (exact) mass is 205 g/mol. The molecule has 0 amide bonds. The molecule has 1 fully saturated rings. The minimum Gasteiger partial charge on any atom is -0.297 e. The maximum absolute atomic E-state index is 4.31. The van der Waals surface area contributed by atoms with Gasteiger partial charge < -0.3 is 0 Å². The highest BCUT2D eigenvalue weighted by Gasteiger charge is 2.16. The number of nitrogens with zero attached hydrogens (tertiary/aromatic N) is 3. The Morgan fingerprint density at radius 2 is 2.33 bits per heavy atom. The number of piperidine rings is 1. The van der Waals surface area contributed by atoms with Crippen LogP contribution in [0.15, 0.2) is 12.4 Å². The van der Waals surface area contributed by atoms with E-state index in [1.807, 2.05) is 6.92 Å². The summed E-state index contributed by atoms with van der Waals surface area (Å²) in [5, 5.41) is 0. The fraction of sp³-hybridized carbons (Fsp3) is 0.667. The number of likely N-dealkylation sites (tertiary alicyclic amines) is 1. The lowest BCUT2D eigenvalue weighted by Gasteiger charge is -2.30. The fourth-order valence-corrected chi connectivity index (χ4v) is 2.26. The number of rotatable bonds is 2. The van der Waals surface area contributed by atoms with Crippen LogP contribution < -0.4 is 0 Å². The first-order valence-electron chi connectivity index (χ1n) is 5.74. The van der Waals surface area contributed by atoms with Crippen LogP contribution in [0.5, 0.6) is 0 Å². The Morgan fingerprint density at radius 1 is 1.47 bits per heavy atom. The SMILES string of the molecule is Cc1cc(CN2CCCC(C)C2)ncn1. The van der Waals surface area contributed by atoms with E-state index in [1.54, 1.807) is 6.33 Å². The zero-order chi connectivity index (χ0) is 10.7. The highest BCUT2D eigenvalue weighted by molar-refractivity contribution is 5.06. The zero-order valence-electron chi connectivity index (χ0n) is 9.61. The molecule has 1 aromatic rings. The Labute approximate surface area is 91.5 Å². The van der Waals surface area contributed by atoms with Crippen LogP contribution in [0.25, 0.3) is 0 Å². The molecule has 0 aromatic carbocycles. The maximum atomic E-state index is 4.31. The molecular weight excluding hydrogens is 186 g/mol. The topological polar surface area (TPSA) is 29.0 Å². The first-order valence-corrected chi connectivity index (χ1v) is 5.74. The van der Waals surface area contributed by atoms with E-state index in [-0.39, 0.29) is 0 Å². The second-order valence-electron chi connectivity index (χ2n) is 4.63. The largest absolute Gasteiger partial charge is 0.297 e. The summed E-state index contributed by atoms with van der Waals surface area (Å²) >= 11 is 0. The van der Waals surface area contributed by atoms with Gasteiger partial charge in [0, 0.05) is 18.8 Å². The van der Waals surface area contributed by atoms with Crippen molar-refractivity contribution in [3.63, 3.8) is 0 Å². The summed E-state index contributed by atoms with van der Waals surface area (Å²) in [7, 11) is 0. The second kappa shape index (κ2) is 4.71. The molecule has 0 N–H and O–H groups in total. The van der Waals surface area contributed by atoms with E-state index in [0.717, 1.165) is 23.9 Å². The average Bonchev–Trinajstić information content (AvgIpc) is 2.17. The lowest BCUT2D eigenvalue weighted by molar-refractivity contribution is 0.175. The quantitative estimate of drug-likeness (QED) is 0.739. The van der Waals surface area contributed by atoms with Crippen LogP contribution in [0, 0.1) is 12.8 Å². The Hall–Kier alpha value is -0.960. The van der Waals surface area contributed by atoms with Gasteiger partial charge >= 0.3 is 0 Å². The van der Waals surface area contributed by atoms with Gasteiger partial charge in [0.1, 0.15) is 6.33 Å². The molecule has 15 heavy (non-hydrogen) atoms. The summed E-state index contributed by atoms with van der Waals surface area (Å²) in [5.41, 5.74) is 2.21. The second-order valence-corrected chi connectivity index (χ2v) is 4.63. The Morgan fingerprint density at radius 3 is 3.07 bits per heavy atom. The summed E-state index contributed by atoms with van der Waals surface area (Å²) < 4.78 is 0. The molecule has 2 rings (SSSR count). The molecule has 1 saturated heterocycles. The third-order valence-corrected chi connectivity index (χ3v) is 2.99. The third-order valence-electron chi connectivity index (χ3n) is 2.99. The van der Waals surface area contributed by atoms with Gasteiger partial charge in [-0.1, -0.05) is 6.92 Å². The van der Waals surface area contributed by atoms with E-state index in [1.165, 1.54) is 25.9 Å². The molecule has 0 bridgehead atoms. The lowest BCUT2D eigenvalue weighted by Crippen LogP contribution is -2.34. The van der Waals surface area contributed by atoms with E-state index in [4.69, 9.17) is 0 Å². The fourth-order valence-electron chi connectivity index (χ4n) is 2.26. The molecular formula is C12H19N3. The first-order chi connectivity index (χ1) is 7.24. The first kappa shape index (κ1) is 10.6. The van der Waals surface area contributed by atoms with Gasteiger partial charge in [0.05, 0.1) is 5.69 Å². The zero-order valence-corrected chi connectivity index (χ0v) is 9.61. The van der Waals surface area contributed by atoms with Crippen LogP contribution in [0.1, 0.15) is 31.2 Å². The highest BCUT2D eigenvalue weighted by atomic mass is 15.1. The molecule has 0 radical (unpaired) electrons. The van der Waals surface area contributed by atoms with Gasteiger partial charge in [-0.3, -0.25) is 4.90 Å². The normalized spacial score (nSPS) is 22.9. The van der Waals surface area contributed by atoms with E-state index in [0.29, 0.717) is 0 Å². The van der Waals surface area contributed by atoms with Crippen molar-refractivity contribution in [3.05, 3.63) is 23.8 Å². The molecule has 1 aliphatic rings. The van der Waals surface area contributed by atoms with Crippen LogP contribution in [0.4, 0.5) is 0 Å². The predicted octanol–water partition coefficient (Wildman–Crippen LogP) is 2.02. The number of aromatic nitrogens is 2. The van der Waals surface area contributed by atoms with E-state index in [2.05, 4.69) is 27.9 Å². The minimum absolute atomic E-state index is 0.835. The highest BCUT2D eigenvalue weighted by Crippen LogP contribution is 2.17. The van der Waals surface area contributed by atoms with E-state index < -0.39 is 0 Å². The summed E-state index contributed by atoms with van der Waals surface area (Å²) in [6, 6.07) is 2.08. The van der Waals surface area contributed by atoms with Gasteiger partial charge in [-0.2, -0.15) is 0 Å². The predicted molar refractivity (Wildman–Crippen MR) is 60.4 cm³/mol. The third kappa shape index (κ3) is 2.99. The van der Waals surface area contributed by atoms with Gasteiger partial charge in [0.2, 0.25) is 0 Å². The Kier molecular flexibility index (Phi) is 3.31. The van der Waals surface area contributed by atoms with Gasteiger partial charge in [0.15, 0.2) is 0 Å². The molecule has 3 heteroatoms. The smallest absolute Gasteiger partial charge is 0.115 e. The van der Waals surface area contributed by atoms with E-state index in [9.17, 15) is 0 Å². The molecule has 0 spiro atoms. The van der Waals surface area contributed by atoms with Gasteiger partial charge in [-0.05, 0) is 38.3 Å². The van der Waals surface area contributed by atoms with Crippen molar-refractivity contribution in [2.75, 3.05) is 13.1 Å². The van der Waals surface area contributed by atoms with Crippen molar-refractivity contribution in [2.24, 2.45) is 5.92 Å². The molecule has 1 atom stereocenters. The molecule has 1 unspecified atom stereocenters. The van der Waals surface area contributed by atoms with Gasteiger partial charge in [-0.25, -0.2) is 9.97 Å². The average molecular weight is 205 g/mol. The molecule has 3 nitrogen and oxygen atoms in total. The lowest BCUT2D eigenvalue weighted by atomic mass is 10.0. The molecule has 1 aromatic heterocycles. The van der Waals surface area contributed by atoms with Crippen LogP contribution >= 0.6 is 0 Å². The summed E-state index contributed by atoms with van der Waals surface area (Å²) in [6.07, 6.45) is 4.36. The van der Waals surface area contributed by atoms with Crippen molar-refractivity contribution in [1.29, 1.82) is 0 Å². The minimum atomic E-state index is 0.835. The van der Waals surface area contributed by atoms with Gasteiger partial charge in [0.25, 0.3) is 0 Å². The number of aryl methyl sites for hydroxylation is 1. The van der Waals surface area contributed by atoms with Crippen molar-refractivity contribution in [3.8, 4) is 0 Å². The summed E-state index contributed by atoms with van der Waals surface area (Å²) in [6.45, 7) is 7.76. The van der Waals surface area contributed by atoms with Crippen molar-refractivity contribution < 1.29 is 0 Å². The molecule has 0 saturated carbocycles. The standard InChI is InChI=1S/C12H19N3/c1-10-4-3-5-15(7-10)8-12-6-11(2)13-9-14-12/h6,9-10H,3-5,7-8H2,1-2H3. The van der Waals surface area contributed by atoms with Crippen molar-refractivity contribution in [2.45, 2.75) is 33.2 Å². The molecule has 1 aliphatic heterocycles. The van der Waals surface area contributed by atoms with Crippen LogP contribution in [0.2, 0.25) is 0 Å². The Bertz CT molecular complexity index is 324. The van der Waals surface area contributed by atoms with Crippen molar-refractivity contribution >= 4 is 0 Å². The summed E-state index contributed by atoms with van der Waals surface area (Å²) in [4.78, 5) is 10.9. The van der Waals surface area contributed by atoms with Crippen LogP contribution in [0.3, 0.4) is 0 Å². The Balaban J connectivity index is 1.96. The number of hydrogen-bond acceptors (Lipinski definition) is 3. The molecule has 0 aliphatic carbocycles. The van der Waals surface area contributed by atoms with Gasteiger partial charge in [-0.15, -0.1) is 0 Å². The van der Waals surface area contributed by atoms with E-state index >= 15 is 0 Å².